The summed E-state index contributed by atoms with van der Waals surface area (Å²) in [6.07, 6.45) is 8.37. The highest BCUT2D eigenvalue weighted by Gasteiger charge is 2.59. The van der Waals surface area contributed by atoms with Gasteiger partial charge in [-0.25, -0.2) is 0 Å². The molecule has 1 saturated heterocycles. The Bertz CT molecular complexity index is 278. The maximum absolute atomic E-state index is 10.1. The molecule has 1 N–H and O–H groups in total. The van der Waals surface area contributed by atoms with Gasteiger partial charge in [-0.3, -0.25) is 0 Å². The predicted octanol–water partition coefficient (Wildman–Crippen LogP) is 1.96. The molecule has 0 aromatic carbocycles. The van der Waals surface area contributed by atoms with Gasteiger partial charge in [-0.2, -0.15) is 0 Å². The SMILES string of the molecule is OC1CCCC2OC3CCC4CC(C12)C43. The number of hydrogen-bond acceptors (Lipinski definition) is 2. The van der Waals surface area contributed by atoms with E-state index >= 15 is 0 Å². The van der Waals surface area contributed by atoms with Crippen molar-refractivity contribution in [2.24, 2.45) is 23.7 Å². The topological polar surface area (TPSA) is 29.5 Å². The fourth-order valence-electron chi connectivity index (χ4n) is 4.96. The molecule has 0 aromatic rings. The number of ether oxygens (including phenoxy) is 1. The maximum atomic E-state index is 10.1. The molecule has 4 fully saturated rings. The molecule has 2 heteroatoms. The van der Waals surface area contributed by atoms with Crippen LogP contribution in [0.1, 0.15) is 38.5 Å². The number of aliphatic hydroxyl groups is 1. The summed E-state index contributed by atoms with van der Waals surface area (Å²) in [5.41, 5.74) is 0. The van der Waals surface area contributed by atoms with Crippen LogP contribution in [0.25, 0.3) is 0 Å². The lowest BCUT2D eigenvalue weighted by Crippen LogP contribution is -2.57. The van der Waals surface area contributed by atoms with E-state index in [4.69, 9.17) is 4.74 Å². The first-order valence-electron chi connectivity index (χ1n) is 6.68. The van der Waals surface area contributed by atoms with Gasteiger partial charge in [-0.15, -0.1) is 0 Å². The lowest BCUT2D eigenvalue weighted by atomic mass is 9.55. The molecule has 2 nitrogen and oxygen atoms in total. The second-order valence-electron chi connectivity index (χ2n) is 6.10. The highest BCUT2D eigenvalue weighted by Crippen LogP contribution is 2.60. The lowest BCUT2D eigenvalue weighted by molar-refractivity contribution is -0.214. The van der Waals surface area contributed by atoms with Gasteiger partial charge in [-0.05, 0) is 56.3 Å². The molecule has 3 aliphatic carbocycles. The van der Waals surface area contributed by atoms with Crippen LogP contribution >= 0.6 is 0 Å². The Hall–Kier alpha value is -0.0800. The quantitative estimate of drug-likeness (QED) is 0.659. The van der Waals surface area contributed by atoms with Crippen molar-refractivity contribution >= 4 is 0 Å². The van der Waals surface area contributed by atoms with Crippen molar-refractivity contribution < 1.29 is 9.84 Å². The molecule has 4 aliphatic rings. The highest BCUT2D eigenvalue weighted by molar-refractivity contribution is 5.07. The van der Waals surface area contributed by atoms with Crippen LogP contribution in [0.15, 0.2) is 0 Å². The Balaban J connectivity index is 1.64. The molecule has 1 heterocycles. The number of hydrogen-bond donors (Lipinski definition) is 1. The van der Waals surface area contributed by atoms with Gasteiger partial charge in [0.25, 0.3) is 0 Å². The van der Waals surface area contributed by atoms with Crippen LogP contribution in [-0.4, -0.2) is 23.4 Å². The second kappa shape index (κ2) is 2.98. The zero-order chi connectivity index (χ0) is 9.99. The zero-order valence-corrected chi connectivity index (χ0v) is 9.14. The van der Waals surface area contributed by atoms with Crippen molar-refractivity contribution in [1.29, 1.82) is 0 Å². The Morgan fingerprint density at radius 1 is 0.933 bits per heavy atom. The Morgan fingerprint density at radius 2 is 1.80 bits per heavy atom. The summed E-state index contributed by atoms with van der Waals surface area (Å²) in [4.78, 5) is 0. The van der Waals surface area contributed by atoms with Crippen LogP contribution in [0.4, 0.5) is 0 Å². The smallest absolute Gasteiger partial charge is 0.0634 e. The van der Waals surface area contributed by atoms with Gasteiger partial charge < -0.3 is 9.84 Å². The molecule has 7 atom stereocenters. The summed E-state index contributed by atoms with van der Waals surface area (Å²) in [6, 6.07) is 0. The van der Waals surface area contributed by atoms with Gasteiger partial charge in [0.2, 0.25) is 0 Å². The number of fused-ring (bicyclic) bond motifs is 2. The predicted molar refractivity (Wildman–Crippen MR) is 56.3 cm³/mol. The van der Waals surface area contributed by atoms with Gasteiger partial charge in [0.05, 0.1) is 18.3 Å². The van der Waals surface area contributed by atoms with Crippen molar-refractivity contribution in [2.75, 3.05) is 0 Å². The van der Waals surface area contributed by atoms with Gasteiger partial charge in [-0.1, -0.05) is 0 Å². The van der Waals surface area contributed by atoms with Crippen molar-refractivity contribution in [3.05, 3.63) is 0 Å². The Morgan fingerprint density at radius 3 is 2.73 bits per heavy atom. The van der Waals surface area contributed by atoms with Crippen molar-refractivity contribution in [3.63, 3.8) is 0 Å². The van der Waals surface area contributed by atoms with E-state index in [9.17, 15) is 5.11 Å². The van der Waals surface area contributed by atoms with E-state index in [1.165, 1.54) is 25.7 Å². The fraction of sp³-hybridized carbons (Fsp3) is 1.00. The minimum absolute atomic E-state index is 0.0590. The van der Waals surface area contributed by atoms with E-state index in [1.54, 1.807) is 0 Å². The molecule has 4 rings (SSSR count). The first-order chi connectivity index (χ1) is 7.34. The number of rotatable bonds is 0. The van der Waals surface area contributed by atoms with Crippen LogP contribution in [0.2, 0.25) is 0 Å². The highest BCUT2D eigenvalue weighted by atomic mass is 16.5. The second-order valence-corrected chi connectivity index (χ2v) is 6.10. The van der Waals surface area contributed by atoms with E-state index in [-0.39, 0.29) is 6.10 Å². The molecule has 15 heavy (non-hydrogen) atoms. The third-order valence-electron chi connectivity index (χ3n) is 5.57. The van der Waals surface area contributed by atoms with Gasteiger partial charge >= 0.3 is 0 Å². The van der Waals surface area contributed by atoms with Crippen molar-refractivity contribution in [1.82, 2.24) is 0 Å². The fourth-order valence-corrected chi connectivity index (χ4v) is 4.96. The summed E-state index contributed by atoms with van der Waals surface area (Å²) in [7, 11) is 0. The summed E-state index contributed by atoms with van der Waals surface area (Å²) in [5.74, 6) is 3.10. The molecule has 0 radical (unpaired) electrons. The molecular formula is C13H20O2. The minimum atomic E-state index is -0.0590. The monoisotopic (exact) mass is 208 g/mol. The first-order valence-corrected chi connectivity index (χ1v) is 6.68. The van der Waals surface area contributed by atoms with Gasteiger partial charge in [0, 0.05) is 5.92 Å². The molecular weight excluding hydrogens is 188 g/mol. The molecule has 84 valence electrons. The van der Waals surface area contributed by atoms with E-state index in [2.05, 4.69) is 0 Å². The largest absolute Gasteiger partial charge is 0.393 e. The Labute approximate surface area is 91.0 Å². The van der Waals surface area contributed by atoms with Crippen molar-refractivity contribution in [2.45, 2.75) is 56.8 Å². The van der Waals surface area contributed by atoms with Gasteiger partial charge in [0.15, 0.2) is 0 Å². The van der Waals surface area contributed by atoms with E-state index < -0.39 is 0 Å². The van der Waals surface area contributed by atoms with Crippen LogP contribution in [0.5, 0.6) is 0 Å². The molecule has 1 aliphatic heterocycles. The standard InChI is InChI=1S/C13H20O2/c14-9-2-1-3-10-13(9)8-6-7-4-5-11(15-10)12(7)8/h7-14H,1-6H2. The zero-order valence-electron chi connectivity index (χ0n) is 9.14. The molecule has 7 unspecified atom stereocenters. The van der Waals surface area contributed by atoms with E-state index in [1.807, 2.05) is 0 Å². The number of aliphatic hydroxyl groups excluding tert-OH is 1. The van der Waals surface area contributed by atoms with Crippen LogP contribution in [-0.2, 0) is 4.74 Å². The van der Waals surface area contributed by atoms with Crippen molar-refractivity contribution in [3.8, 4) is 0 Å². The maximum Gasteiger partial charge on any atom is 0.0634 e. The molecule has 0 aromatic heterocycles. The lowest BCUT2D eigenvalue weighted by Gasteiger charge is -2.56. The van der Waals surface area contributed by atoms with Crippen LogP contribution < -0.4 is 0 Å². The van der Waals surface area contributed by atoms with Gasteiger partial charge in [0.1, 0.15) is 0 Å². The van der Waals surface area contributed by atoms with Crippen LogP contribution in [0.3, 0.4) is 0 Å². The molecule has 3 saturated carbocycles. The third-order valence-corrected chi connectivity index (χ3v) is 5.57. The third kappa shape index (κ3) is 1.07. The summed E-state index contributed by atoms with van der Waals surface area (Å²) >= 11 is 0. The summed E-state index contributed by atoms with van der Waals surface area (Å²) < 4.78 is 6.23. The van der Waals surface area contributed by atoms with Crippen LogP contribution in [0, 0.1) is 23.7 Å². The average molecular weight is 208 g/mol. The van der Waals surface area contributed by atoms with E-state index in [0.717, 1.165) is 30.6 Å². The summed E-state index contributed by atoms with van der Waals surface area (Å²) in [5, 5.41) is 10.1. The molecule has 0 amide bonds. The normalized spacial score (nSPS) is 61.8. The average Bonchev–Trinajstić information content (AvgIpc) is 2.53. The molecule has 0 spiro atoms. The molecule has 0 bridgehead atoms. The first kappa shape index (κ1) is 9.00. The summed E-state index contributed by atoms with van der Waals surface area (Å²) in [6.45, 7) is 0. The minimum Gasteiger partial charge on any atom is -0.393 e. The Kier molecular flexibility index (Phi) is 1.79. The van der Waals surface area contributed by atoms with E-state index in [0.29, 0.717) is 18.1 Å².